The van der Waals surface area contributed by atoms with Crippen molar-refractivity contribution < 1.29 is 4.79 Å². The minimum Gasteiger partial charge on any atom is -0.348 e. The van der Waals surface area contributed by atoms with Crippen LogP contribution in [0.4, 0.5) is 0 Å². The van der Waals surface area contributed by atoms with Crippen molar-refractivity contribution in [3.05, 3.63) is 18.6 Å². The van der Waals surface area contributed by atoms with Gasteiger partial charge in [0.1, 0.15) is 0 Å². The fourth-order valence-electron chi connectivity index (χ4n) is 0.670. The Morgan fingerprint density at radius 3 is 2.58 bits per heavy atom. The van der Waals surface area contributed by atoms with Crippen molar-refractivity contribution in [2.75, 3.05) is 13.1 Å². The molecule has 1 amide bonds. The van der Waals surface area contributed by atoms with E-state index in [1.54, 1.807) is 13.3 Å². The monoisotopic (exact) mass is 170 g/mol. The van der Waals surface area contributed by atoms with Gasteiger partial charge in [-0.1, -0.05) is 6.58 Å². The lowest BCUT2D eigenvalue weighted by Crippen LogP contribution is -2.42. The largest absolute Gasteiger partial charge is 0.348 e. The fraction of sp³-hybridized carbons (Fsp3) is 0.500. The molecule has 0 fully saturated rings. The summed E-state index contributed by atoms with van der Waals surface area (Å²) in [7, 11) is 0. The van der Waals surface area contributed by atoms with E-state index in [0.717, 1.165) is 0 Å². The van der Waals surface area contributed by atoms with E-state index < -0.39 is 0 Å². The van der Waals surface area contributed by atoms with Crippen LogP contribution in [0.1, 0.15) is 6.92 Å². The summed E-state index contributed by atoms with van der Waals surface area (Å²) < 4.78 is 0. The molecule has 1 unspecified atom stereocenters. The molecule has 0 aliphatic heterocycles. The van der Waals surface area contributed by atoms with Gasteiger partial charge in [0.25, 0.3) is 0 Å². The third-order valence-electron chi connectivity index (χ3n) is 1.38. The zero-order valence-electron chi connectivity index (χ0n) is 7.34. The zero-order valence-corrected chi connectivity index (χ0v) is 7.34. The lowest BCUT2D eigenvalue weighted by molar-refractivity contribution is -0.117. The van der Waals surface area contributed by atoms with Crippen molar-refractivity contribution in [1.82, 2.24) is 5.32 Å². The first kappa shape index (κ1) is 11.1. The van der Waals surface area contributed by atoms with Gasteiger partial charge in [-0.05, 0) is 19.9 Å². The zero-order chi connectivity index (χ0) is 9.56. The van der Waals surface area contributed by atoms with Crippen molar-refractivity contribution in [3.8, 4) is 0 Å². The Bertz CT molecular complexity index is 168. The number of amides is 1. The van der Waals surface area contributed by atoms with Crippen molar-refractivity contribution in [2.45, 2.75) is 13.0 Å². The van der Waals surface area contributed by atoms with Crippen LogP contribution in [0, 0.1) is 6.42 Å². The lowest BCUT2D eigenvalue weighted by Gasteiger charge is -2.14. The summed E-state index contributed by atoms with van der Waals surface area (Å²) in [5, 5.41) is 2.67. The Kier molecular flexibility index (Phi) is 5.32. The summed E-state index contributed by atoms with van der Waals surface area (Å²) in [6.07, 6.45) is 1.75. The highest BCUT2D eigenvalue weighted by Crippen LogP contribution is 1.90. The Labute approximate surface area is 73.0 Å². The van der Waals surface area contributed by atoms with E-state index in [9.17, 15) is 4.79 Å². The van der Waals surface area contributed by atoms with Gasteiger partial charge < -0.3 is 16.8 Å². The second kappa shape index (κ2) is 5.74. The predicted octanol–water partition coefficient (Wildman–Crippen LogP) is -0.831. The minimum absolute atomic E-state index is 0.154. The molecule has 0 saturated heterocycles. The Balaban J connectivity index is 3.85. The highest BCUT2D eigenvalue weighted by Gasteiger charge is 2.09. The van der Waals surface area contributed by atoms with Gasteiger partial charge >= 0.3 is 0 Å². The van der Waals surface area contributed by atoms with Gasteiger partial charge in [0.15, 0.2) is 0 Å². The Morgan fingerprint density at radius 2 is 2.25 bits per heavy atom. The first-order valence-electron chi connectivity index (χ1n) is 3.81. The quantitative estimate of drug-likeness (QED) is 0.471. The smallest absolute Gasteiger partial charge is 0.246 e. The van der Waals surface area contributed by atoms with Gasteiger partial charge in [0, 0.05) is 18.2 Å². The van der Waals surface area contributed by atoms with E-state index in [0.29, 0.717) is 18.7 Å². The van der Waals surface area contributed by atoms with E-state index in [1.807, 2.05) is 0 Å². The number of hydrogen-bond donors (Lipinski definition) is 3. The summed E-state index contributed by atoms with van der Waals surface area (Å²) in [5.74, 6) is -0.185. The molecule has 4 heteroatoms. The van der Waals surface area contributed by atoms with Crippen LogP contribution >= 0.6 is 0 Å². The summed E-state index contributed by atoms with van der Waals surface area (Å²) >= 11 is 0. The molecule has 0 heterocycles. The number of rotatable bonds is 5. The van der Waals surface area contributed by atoms with E-state index in [1.165, 1.54) is 0 Å². The first-order chi connectivity index (χ1) is 5.61. The molecular weight excluding hydrogens is 154 g/mol. The molecule has 0 aromatic rings. The number of nitrogens with two attached hydrogens (primary N) is 2. The van der Waals surface area contributed by atoms with Gasteiger partial charge in [0.05, 0.1) is 0 Å². The van der Waals surface area contributed by atoms with Crippen LogP contribution in [0.15, 0.2) is 12.2 Å². The maximum atomic E-state index is 11.1. The summed E-state index contributed by atoms with van der Waals surface area (Å²) in [6, 6.07) is -0.154. The van der Waals surface area contributed by atoms with E-state index in [2.05, 4.69) is 11.9 Å². The standard InChI is InChI=1S/C8H16N3O/c1-6(2)8(12)11-7(5-10)3-4-9/h3,7H,1,4-5,9-10H2,2H3,(H,11,12). The second-order valence-electron chi connectivity index (χ2n) is 2.57. The molecular formula is C8H16N3O. The van der Waals surface area contributed by atoms with Crippen molar-refractivity contribution in [1.29, 1.82) is 0 Å². The number of carbonyl (C=O) groups is 1. The second-order valence-corrected chi connectivity index (χ2v) is 2.57. The minimum atomic E-state index is -0.185. The average molecular weight is 170 g/mol. The first-order valence-corrected chi connectivity index (χ1v) is 3.81. The van der Waals surface area contributed by atoms with Gasteiger partial charge in [-0.2, -0.15) is 0 Å². The van der Waals surface area contributed by atoms with Crippen molar-refractivity contribution >= 4 is 5.91 Å². The maximum Gasteiger partial charge on any atom is 0.246 e. The molecule has 0 spiro atoms. The highest BCUT2D eigenvalue weighted by molar-refractivity contribution is 5.92. The lowest BCUT2D eigenvalue weighted by atomic mass is 10.2. The topological polar surface area (TPSA) is 81.1 Å². The molecule has 69 valence electrons. The molecule has 4 nitrogen and oxygen atoms in total. The van der Waals surface area contributed by atoms with Crippen LogP contribution in [-0.2, 0) is 4.79 Å². The molecule has 0 rings (SSSR count). The molecule has 12 heavy (non-hydrogen) atoms. The highest BCUT2D eigenvalue weighted by atomic mass is 16.1. The third kappa shape index (κ3) is 4.10. The van der Waals surface area contributed by atoms with Crippen LogP contribution in [-0.4, -0.2) is 25.0 Å². The molecule has 0 aromatic carbocycles. The number of hydrogen-bond acceptors (Lipinski definition) is 3. The van der Waals surface area contributed by atoms with Crippen LogP contribution in [0.25, 0.3) is 0 Å². The van der Waals surface area contributed by atoms with Crippen LogP contribution in [0.2, 0.25) is 0 Å². The van der Waals surface area contributed by atoms with Gasteiger partial charge in [-0.15, -0.1) is 0 Å². The van der Waals surface area contributed by atoms with Crippen LogP contribution < -0.4 is 16.8 Å². The van der Waals surface area contributed by atoms with Gasteiger partial charge in [-0.3, -0.25) is 4.79 Å². The molecule has 0 aliphatic carbocycles. The van der Waals surface area contributed by atoms with Crippen molar-refractivity contribution in [2.24, 2.45) is 11.5 Å². The summed E-state index contributed by atoms with van der Waals surface area (Å²) in [4.78, 5) is 11.1. The van der Waals surface area contributed by atoms with E-state index in [4.69, 9.17) is 11.5 Å². The maximum absolute atomic E-state index is 11.1. The Morgan fingerprint density at radius 1 is 1.67 bits per heavy atom. The molecule has 5 N–H and O–H groups in total. The van der Waals surface area contributed by atoms with Crippen molar-refractivity contribution in [3.63, 3.8) is 0 Å². The summed E-state index contributed by atoms with van der Waals surface area (Å²) in [5.41, 5.74) is 11.1. The molecule has 0 bridgehead atoms. The third-order valence-corrected chi connectivity index (χ3v) is 1.38. The number of carbonyl (C=O) groups excluding carboxylic acids is 1. The Hall–Kier alpha value is -0.870. The molecule has 0 aromatic heterocycles. The molecule has 1 atom stereocenters. The molecule has 0 saturated carbocycles. The number of nitrogens with one attached hydrogen (secondary N) is 1. The van der Waals surface area contributed by atoms with Gasteiger partial charge in [0.2, 0.25) is 5.91 Å². The fourth-order valence-corrected chi connectivity index (χ4v) is 0.670. The molecule has 1 radical (unpaired) electrons. The van der Waals surface area contributed by atoms with Gasteiger partial charge in [-0.25, -0.2) is 0 Å². The van der Waals surface area contributed by atoms with E-state index in [-0.39, 0.29) is 11.9 Å². The predicted molar refractivity (Wildman–Crippen MR) is 49.2 cm³/mol. The normalized spacial score (nSPS) is 12.2. The SMILES string of the molecule is C=C(C)C(=O)NC([CH]CN)CN. The average Bonchev–Trinajstić information content (AvgIpc) is 2.03. The van der Waals surface area contributed by atoms with E-state index >= 15 is 0 Å². The summed E-state index contributed by atoms with van der Waals surface area (Å²) in [6.45, 7) is 5.91. The van der Waals surface area contributed by atoms with Crippen LogP contribution in [0.3, 0.4) is 0 Å². The van der Waals surface area contributed by atoms with Crippen LogP contribution in [0.5, 0.6) is 0 Å². The molecule has 0 aliphatic rings.